The van der Waals surface area contributed by atoms with E-state index in [2.05, 4.69) is 4.90 Å². The number of phenolic OH excluding ortho intramolecular Hbond substituents is 1. The third-order valence-corrected chi connectivity index (χ3v) is 2.26. The van der Waals surface area contributed by atoms with Gasteiger partial charge in [0.1, 0.15) is 5.75 Å². The van der Waals surface area contributed by atoms with E-state index < -0.39 is 0 Å². The van der Waals surface area contributed by atoms with Gasteiger partial charge in [0.05, 0.1) is 0 Å². The minimum Gasteiger partial charge on any atom is -0.508 e. The number of phenols is 1. The van der Waals surface area contributed by atoms with Crippen LogP contribution in [0.1, 0.15) is 0 Å². The molecule has 0 fully saturated rings. The fourth-order valence-corrected chi connectivity index (χ4v) is 1.65. The van der Waals surface area contributed by atoms with Gasteiger partial charge in [0.2, 0.25) is 0 Å². The molecule has 0 aliphatic rings. The zero-order valence-electron chi connectivity index (χ0n) is 8.50. The van der Waals surface area contributed by atoms with Crippen LogP contribution in [0.15, 0.2) is 24.3 Å². The summed E-state index contributed by atoms with van der Waals surface area (Å²) < 4.78 is 0. The van der Waals surface area contributed by atoms with Crippen LogP contribution in [0.4, 0.5) is 5.69 Å². The van der Waals surface area contributed by atoms with E-state index in [1.54, 1.807) is 12.1 Å². The normalized spacial score (nSPS) is 9.47. The highest BCUT2D eigenvalue weighted by Crippen LogP contribution is 2.18. The van der Waals surface area contributed by atoms with Gasteiger partial charge >= 0.3 is 0 Å². The third-order valence-electron chi connectivity index (χ3n) is 1.92. The van der Waals surface area contributed by atoms with Crippen molar-refractivity contribution in [1.29, 1.82) is 0 Å². The fraction of sp³-hybridized carbons (Fsp3) is 0.400. The zero-order chi connectivity index (χ0) is 10.4. The molecule has 0 aliphatic heterocycles. The van der Waals surface area contributed by atoms with Gasteiger partial charge in [0.25, 0.3) is 0 Å². The quantitative estimate of drug-likeness (QED) is 0.791. The SMILES string of the molecule is N.Oc1ccc(N(CCCl)CCCl)cc1. The van der Waals surface area contributed by atoms with Crippen LogP contribution in [0.3, 0.4) is 0 Å². The van der Waals surface area contributed by atoms with Gasteiger partial charge in [-0.05, 0) is 24.3 Å². The molecule has 0 aliphatic carbocycles. The predicted molar refractivity (Wildman–Crippen MR) is 66.8 cm³/mol. The number of nitrogens with zero attached hydrogens (tertiary/aromatic N) is 1. The first kappa shape index (κ1) is 14.4. The van der Waals surface area contributed by atoms with Crippen LogP contribution in [0.5, 0.6) is 5.75 Å². The maximum Gasteiger partial charge on any atom is 0.115 e. The maximum absolute atomic E-state index is 9.13. The Balaban J connectivity index is 0.00000196. The van der Waals surface area contributed by atoms with Crippen LogP contribution >= 0.6 is 23.2 Å². The van der Waals surface area contributed by atoms with Crippen molar-refractivity contribution in [2.75, 3.05) is 29.7 Å². The molecule has 0 heterocycles. The minimum atomic E-state index is 0. The van der Waals surface area contributed by atoms with E-state index in [0.717, 1.165) is 18.8 Å². The van der Waals surface area contributed by atoms with Crippen molar-refractivity contribution in [2.45, 2.75) is 0 Å². The molecule has 5 heteroatoms. The Morgan fingerprint density at radius 3 is 1.87 bits per heavy atom. The summed E-state index contributed by atoms with van der Waals surface area (Å²) in [6.07, 6.45) is 0. The Morgan fingerprint density at radius 2 is 1.47 bits per heavy atom. The van der Waals surface area contributed by atoms with Gasteiger partial charge < -0.3 is 16.2 Å². The number of alkyl halides is 2. The van der Waals surface area contributed by atoms with Crippen molar-refractivity contribution in [3.05, 3.63) is 24.3 Å². The van der Waals surface area contributed by atoms with Gasteiger partial charge in [-0.15, -0.1) is 23.2 Å². The Labute approximate surface area is 100 Å². The third kappa shape index (κ3) is 4.60. The molecule has 0 amide bonds. The fourth-order valence-electron chi connectivity index (χ4n) is 1.24. The smallest absolute Gasteiger partial charge is 0.115 e. The number of benzene rings is 1. The van der Waals surface area contributed by atoms with E-state index in [1.807, 2.05) is 12.1 Å². The molecule has 3 nitrogen and oxygen atoms in total. The topological polar surface area (TPSA) is 58.5 Å². The summed E-state index contributed by atoms with van der Waals surface area (Å²) in [6.45, 7) is 1.53. The average Bonchev–Trinajstić information content (AvgIpc) is 2.19. The van der Waals surface area contributed by atoms with E-state index in [9.17, 15) is 0 Å². The summed E-state index contributed by atoms with van der Waals surface area (Å²) in [5.74, 6) is 1.40. The maximum atomic E-state index is 9.13. The molecule has 0 unspecified atom stereocenters. The Bertz CT molecular complexity index is 261. The average molecular weight is 251 g/mol. The van der Waals surface area contributed by atoms with E-state index in [1.165, 1.54) is 0 Å². The largest absolute Gasteiger partial charge is 0.508 e. The van der Waals surface area contributed by atoms with Gasteiger partial charge in [-0.2, -0.15) is 0 Å². The lowest BCUT2D eigenvalue weighted by atomic mass is 10.2. The molecule has 15 heavy (non-hydrogen) atoms. The first-order valence-corrected chi connectivity index (χ1v) is 5.50. The van der Waals surface area contributed by atoms with Crippen molar-refractivity contribution >= 4 is 28.9 Å². The van der Waals surface area contributed by atoms with Crippen LogP contribution in [0.25, 0.3) is 0 Å². The lowest BCUT2D eigenvalue weighted by Gasteiger charge is -2.22. The first-order valence-electron chi connectivity index (χ1n) is 4.44. The summed E-state index contributed by atoms with van der Waals surface area (Å²) in [7, 11) is 0. The van der Waals surface area contributed by atoms with Gasteiger partial charge in [-0.1, -0.05) is 0 Å². The monoisotopic (exact) mass is 250 g/mol. The van der Waals surface area contributed by atoms with Crippen LogP contribution < -0.4 is 11.1 Å². The zero-order valence-corrected chi connectivity index (χ0v) is 10.0. The summed E-state index contributed by atoms with van der Waals surface area (Å²) >= 11 is 11.4. The van der Waals surface area contributed by atoms with E-state index in [-0.39, 0.29) is 11.9 Å². The van der Waals surface area contributed by atoms with Gasteiger partial charge in [0, 0.05) is 30.5 Å². The number of aromatic hydroxyl groups is 1. The Hall–Kier alpha value is -0.640. The van der Waals surface area contributed by atoms with E-state index in [4.69, 9.17) is 28.3 Å². The number of hydrogen-bond acceptors (Lipinski definition) is 3. The van der Waals surface area contributed by atoms with E-state index >= 15 is 0 Å². The summed E-state index contributed by atoms with van der Waals surface area (Å²) in [4.78, 5) is 2.08. The molecule has 0 atom stereocenters. The van der Waals surface area contributed by atoms with Crippen LogP contribution in [-0.2, 0) is 0 Å². The summed E-state index contributed by atoms with van der Waals surface area (Å²) in [5, 5.41) is 9.13. The molecular weight excluding hydrogens is 235 g/mol. The highest BCUT2D eigenvalue weighted by Gasteiger charge is 2.04. The summed E-state index contributed by atoms with van der Waals surface area (Å²) in [6, 6.07) is 7.03. The molecule has 0 saturated carbocycles. The van der Waals surface area contributed by atoms with Crippen LogP contribution in [0.2, 0.25) is 0 Å². The molecule has 0 aromatic heterocycles. The molecule has 0 spiro atoms. The molecule has 0 bridgehead atoms. The number of halogens is 2. The highest BCUT2D eigenvalue weighted by molar-refractivity contribution is 6.18. The molecule has 0 saturated heterocycles. The Kier molecular flexibility index (Phi) is 7.30. The van der Waals surface area contributed by atoms with Gasteiger partial charge in [-0.25, -0.2) is 0 Å². The number of rotatable bonds is 5. The van der Waals surface area contributed by atoms with Crippen molar-refractivity contribution in [3.63, 3.8) is 0 Å². The van der Waals surface area contributed by atoms with Gasteiger partial charge in [-0.3, -0.25) is 0 Å². The molecule has 86 valence electrons. The van der Waals surface area contributed by atoms with Crippen LogP contribution in [-0.4, -0.2) is 30.0 Å². The van der Waals surface area contributed by atoms with Crippen LogP contribution in [0, 0.1) is 0 Å². The second kappa shape index (κ2) is 7.63. The highest BCUT2D eigenvalue weighted by atomic mass is 35.5. The van der Waals surface area contributed by atoms with Gasteiger partial charge in [0.15, 0.2) is 0 Å². The van der Waals surface area contributed by atoms with Crippen molar-refractivity contribution in [2.24, 2.45) is 0 Å². The van der Waals surface area contributed by atoms with Crippen molar-refractivity contribution in [3.8, 4) is 5.75 Å². The standard InChI is InChI=1S/C10H13Cl2NO.H3N/c11-5-7-13(8-6-12)9-1-3-10(14)4-2-9;/h1-4,14H,5-8H2;1H3. The molecule has 4 N–H and O–H groups in total. The number of hydrogen-bond donors (Lipinski definition) is 2. The van der Waals surface area contributed by atoms with Crippen molar-refractivity contribution < 1.29 is 5.11 Å². The second-order valence-electron chi connectivity index (χ2n) is 2.88. The molecule has 1 rings (SSSR count). The minimum absolute atomic E-state index is 0. The predicted octanol–water partition coefficient (Wildman–Crippen LogP) is 2.84. The molecule has 1 aromatic rings. The molecule has 0 radical (unpaired) electrons. The summed E-state index contributed by atoms with van der Waals surface area (Å²) in [5.41, 5.74) is 1.03. The van der Waals surface area contributed by atoms with E-state index in [0.29, 0.717) is 11.8 Å². The molecular formula is C10H16Cl2N2O. The first-order chi connectivity index (χ1) is 6.77. The number of anilines is 1. The lowest BCUT2D eigenvalue weighted by molar-refractivity contribution is 0.475. The second-order valence-corrected chi connectivity index (χ2v) is 3.64. The Morgan fingerprint density at radius 1 is 1.00 bits per heavy atom. The van der Waals surface area contributed by atoms with Crippen molar-refractivity contribution in [1.82, 2.24) is 6.15 Å². The lowest BCUT2D eigenvalue weighted by Crippen LogP contribution is -2.27. The molecule has 1 aromatic carbocycles.